The number of carboxylic acids is 1. The van der Waals surface area contributed by atoms with Gasteiger partial charge in [-0.3, -0.25) is 4.98 Å². The first kappa shape index (κ1) is 31.8. The van der Waals surface area contributed by atoms with Gasteiger partial charge >= 0.3 is 5.97 Å². The first-order chi connectivity index (χ1) is 20.6. The van der Waals surface area contributed by atoms with Gasteiger partial charge in [0.15, 0.2) is 17.7 Å². The van der Waals surface area contributed by atoms with E-state index in [1.54, 1.807) is 46.0 Å². The second kappa shape index (κ2) is 12.1. The fourth-order valence-electron chi connectivity index (χ4n) is 6.05. The maximum atomic E-state index is 15.2. The van der Waals surface area contributed by atoms with Gasteiger partial charge < -0.3 is 19.5 Å². The molecule has 1 aliphatic heterocycles. The number of anilines is 1. The summed E-state index contributed by atoms with van der Waals surface area (Å²) in [7, 11) is 0. The van der Waals surface area contributed by atoms with Crippen LogP contribution in [0.4, 0.5) is 18.9 Å². The zero-order valence-electron chi connectivity index (χ0n) is 26.2. The number of rotatable bonds is 8. The number of hydrogen-bond acceptors (Lipinski definition) is 5. The van der Waals surface area contributed by atoms with Gasteiger partial charge in [-0.2, -0.15) is 4.39 Å². The molecule has 2 aliphatic rings. The number of pyridine rings is 1. The maximum Gasteiger partial charge on any atom is 0.337 e. The standard InChI is InChI=1S/C35H41F3N2O4/c1-20-29(32(33(41)42)44-34(2,3)4)31(40-13-11-35(5,6)12-14-40)26(19-39-20)23-17-27(37)30(38)28(18-23)43-25-15-22(16-25)21-7-9-24(36)10-8-21/h7-10,17-19,22,25,32H,11-16H2,1-6H3,(H,41,42)/t22?,25?,32-/m0/s1. The van der Waals surface area contributed by atoms with E-state index in [1.165, 1.54) is 18.2 Å². The van der Waals surface area contributed by atoms with E-state index >= 15 is 8.78 Å². The van der Waals surface area contributed by atoms with Gasteiger partial charge in [0.2, 0.25) is 5.82 Å². The number of carbonyl (C=O) groups is 1. The van der Waals surface area contributed by atoms with Crippen LogP contribution in [0.5, 0.6) is 5.75 Å². The van der Waals surface area contributed by atoms with Crippen molar-refractivity contribution >= 4 is 11.7 Å². The third kappa shape index (κ3) is 6.88. The Bertz CT molecular complexity index is 1520. The summed E-state index contributed by atoms with van der Waals surface area (Å²) in [6, 6.07) is 8.87. The minimum Gasteiger partial charge on any atom is -0.487 e. The zero-order chi connectivity index (χ0) is 32.0. The Balaban J connectivity index is 1.54. The van der Waals surface area contributed by atoms with Crippen molar-refractivity contribution < 1.29 is 32.5 Å². The molecule has 2 fully saturated rings. The molecule has 236 valence electrons. The molecule has 0 spiro atoms. The number of halogens is 3. The lowest BCUT2D eigenvalue weighted by molar-refractivity contribution is -0.160. The van der Waals surface area contributed by atoms with Crippen molar-refractivity contribution in [1.82, 2.24) is 4.98 Å². The summed E-state index contributed by atoms with van der Waals surface area (Å²) in [5, 5.41) is 10.3. The van der Waals surface area contributed by atoms with E-state index < -0.39 is 29.3 Å². The quantitative estimate of drug-likeness (QED) is 0.276. The van der Waals surface area contributed by atoms with E-state index in [2.05, 4.69) is 23.7 Å². The number of nitrogens with zero attached hydrogens (tertiary/aromatic N) is 2. The summed E-state index contributed by atoms with van der Waals surface area (Å²) in [5.74, 6) is -3.69. The third-order valence-corrected chi connectivity index (χ3v) is 8.71. The third-order valence-electron chi connectivity index (χ3n) is 8.71. The summed E-state index contributed by atoms with van der Waals surface area (Å²) in [6.45, 7) is 12.8. The molecule has 0 bridgehead atoms. The van der Waals surface area contributed by atoms with E-state index in [-0.39, 0.29) is 29.0 Å². The number of piperidine rings is 1. The molecule has 2 aromatic carbocycles. The van der Waals surface area contributed by atoms with Gasteiger partial charge in [0.1, 0.15) is 11.9 Å². The molecule has 0 radical (unpaired) electrons. The van der Waals surface area contributed by atoms with Crippen molar-refractivity contribution in [3.05, 3.63) is 76.9 Å². The molecule has 1 atom stereocenters. The molecular formula is C35H41F3N2O4. The van der Waals surface area contributed by atoms with Crippen LogP contribution < -0.4 is 9.64 Å². The van der Waals surface area contributed by atoms with Gasteiger partial charge in [0.25, 0.3) is 0 Å². The predicted molar refractivity (Wildman–Crippen MR) is 164 cm³/mol. The Kier molecular flexibility index (Phi) is 8.73. The summed E-state index contributed by atoms with van der Waals surface area (Å²) >= 11 is 0. The number of benzene rings is 2. The highest BCUT2D eigenvalue weighted by Crippen LogP contribution is 2.45. The van der Waals surface area contributed by atoms with E-state index in [0.29, 0.717) is 54.0 Å². The van der Waals surface area contributed by atoms with Crippen LogP contribution in [0.2, 0.25) is 0 Å². The van der Waals surface area contributed by atoms with Crippen LogP contribution in [0.25, 0.3) is 11.1 Å². The highest BCUT2D eigenvalue weighted by atomic mass is 19.2. The number of ether oxygens (including phenoxy) is 2. The largest absolute Gasteiger partial charge is 0.487 e. The van der Waals surface area contributed by atoms with Gasteiger partial charge in [-0.15, -0.1) is 0 Å². The Morgan fingerprint density at radius 2 is 1.70 bits per heavy atom. The topological polar surface area (TPSA) is 71.9 Å². The van der Waals surface area contributed by atoms with Crippen molar-refractivity contribution in [3.8, 4) is 16.9 Å². The Labute approximate surface area is 257 Å². The molecule has 44 heavy (non-hydrogen) atoms. The van der Waals surface area contributed by atoms with Gasteiger partial charge in [-0.05, 0) is 100 Å². The Hall–Kier alpha value is -3.59. The van der Waals surface area contributed by atoms with Crippen molar-refractivity contribution in [3.63, 3.8) is 0 Å². The molecular weight excluding hydrogens is 569 g/mol. The zero-order valence-corrected chi connectivity index (χ0v) is 26.2. The van der Waals surface area contributed by atoms with Crippen LogP contribution in [0.15, 0.2) is 42.6 Å². The first-order valence-electron chi connectivity index (χ1n) is 15.2. The summed E-state index contributed by atoms with van der Waals surface area (Å²) < 4.78 is 55.7. The highest BCUT2D eigenvalue weighted by Gasteiger charge is 2.37. The van der Waals surface area contributed by atoms with Gasteiger partial charge in [-0.1, -0.05) is 26.0 Å². The number of hydrogen-bond donors (Lipinski definition) is 1. The fourth-order valence-corrected chi connectivity index (χ4v) is 6.05. The molecule has 3 aromatic rings. The summed E-state index contributed by atoms with van der Waals surface area (Å²) in [6.07, 6.45) is 2.85. The molecule has 1 aliphatic carbocycles. The van der Waals surface area contributed by atoms with Crippen LogP contribution in [-0.4, -0.2) is 40.9 Å². The average molecular weight is 611 g/mol. The maximum absolute atomic E-state index is 15.2. The second-order valence-electron chi connectivity index (χ2n) is 13.8. The Morgan fingerprint density at radius 1 is 1.07 bits per heavy atom. The summed E-state index contributed by atoms with van der Waals surface area (Å²) in [5.41, 5.74) is 2.63. The average Bonchev–Trinajstić information content (AvgIpc) is 2.91. The van der Waals surface area contributed by atoms with Crippen LogP contribution >= 0.6 is 0 Å². The number of carboxylic acid groups (broad SMARTS) is 1. The van der Waals surface area contributed by atoms with E-state index in [0.717, 1.165) is 24.5 Å². The van der Waals surface area contributed by atoms with E-state index in [1.807, 2.05) is 0 Å². The lowest BCUT2D eigenvalue weighted by atomic mass is 9.77. The molecule has 1 aromatic heterocycles. The van der Waals surface area contributed by atoms with Gasteiger partial charge in [0, 0.05) is 36.1 Å². The van der Waals surface area contributed by atoms with Crippen LogP contribution in [0.3, 0.4) is 0 Å². The van der Waals surface area contributed by atoms with Crippen molar-refractivity contribution in [1.29, 1.82) is 0 Å². The molecule has 1 N–H and O–H groups in total. The molecule has 9 heteroatoms. The smallest absolute Gasteiger partial charge is 0.337 e. The molecule has 0 amide bonds. The molecule has 2 heterocycles. The van der Waals surface area contributed by atoms with E-state index in [9.17, 15) is 14.3 Å². The normalized spacial score (nSPS) is 20.6. The van der Waals surface area contributed by atoms with Crippen LogP contribution in [-0.2, 0) is 9.53 Å². The monoisotopic (exact) mass is 610 g/mol. The molecule has 1 saturated heterocycles. The first-order valence-corrected chi connectivity index (χ1v) is 15.2. The molecule has 0 unspecified atom stereocenters. The number of aliphatic carboxylic acids is 1. The van der Waals surface area contributed by atoms with Crippen molar-refractivity contribution in [2.45, 2.75) is 91.0 Å². The van der Waals surface area contributed by atoms with Crippen LogP contribution in [0.1, 0.15) is 89.1 Å². The predicted octanol–water partition coefficient (Wildman–Crippen LogP) is 8.37. The Morgan fingerprint density at radius 3 is 2.30 bits per heavy atom. The van der Waals surface area contributed by atoms with Crippen molar-refractivity contribution in [2.75, 3.05) is 18.0 Å². The van der Waals surface area contributed by atoms with E-state index in [4.69, 9.17) is 9.47 Å². The summed E-state index contributed by atoms with van der Waals surface area (Å²) in [4.78, 5) is 19.3. The molecule has 1 saturated carbocycles. The molecule has 6 nitrogen and oxygen atoms in total. The second-order valence-corrected chi connectivity index (χ2v) is 13.8. The van der Waals surface area contributed by atoms with Crippen molar-refractivity contribution in [2.24, 2.45) is 5.41 Å². The van der Waals surface area contributed by atoms with Crippen LogP contribution in [0, 0.1) is 29.8 Å². The molecule has 5 rings (SSSR count). The minimum absolute atomic E-state index is 0.116. The fraction of sp³-hybridized carbons (Fsp3) is 0.486. The lowest BCUT2D eigenvalue weighted by Gasteiger charge is -2.41. The highest BCUT2D eigenvalue weighted by molar-refractivity contribution is 5.86. The number of aromatic nitrogens is 1. The van der Waals surface area contributed by atoms with Gasteiger partial charge in [0.05, 0.1) is 11.3 Å². The van der Waals surface area contributed by atoms with Gasteiger partial charge in [-0.25, -0.2) is 13.6 Å². The minimum atomic E-state index is -1.33. The lowest BCUT2D eigenvalue weighted by Crippen LogP contribution is -2.39. The number of aryl methyl sites for hydroxylation is 1. The SMILES string of the molecule is Cc1ncc(-c2cc(F)c(F)c(OC3CC(c4ccc(F)cc4)C3)c2)c(N2CCC(C)(C)CC2)c1[C@H](OC(C)(C)C)C(=O)O.